The number of H-pyrrole nitrogens is 1. The molecule has 0 saturated carbocycles. The molecule has 0 aliphatic rings. The van der Waals surface area contributed by atoms with Gasteiger partial charge in [-0.2, -0.15) is 5.26 Å². The number of aromatic hydroxyl groups is 1. The molecule has 0 spiro atoms. The lowest BCUT2D eigenvalue weighted by Crippen LogP contribution is -2.11. The van der Waals surface area contributed by atoms with Gasteiger partial charge in [-0.3, -0.25) is 14.9 Å². The molecule has 1 heterocycles. The first-order valence-corrected chi connectivity index (χ1v) is 8.09. The van der Waals surface area contributed by atoms with E-state index in [1.54, 1.807) is 6.07 Å². The molecule has 0 radical (unpaired) electrons. The maximum Gasteiger partial charge on any atom is 0.315 e. The molecular formula is C18H11ClN4O5. The number of hydrogen-bond acceptors (Lipinski definition) is 7. The SMILES string of the molecule is COc1cc(C=C(C#N)c2nc3cc(Cl)ccc3c(=O)[nH]2)cc([N+](=O)[O-])c1O. The Kier molecular flexibility index (Phi) is 4.98. The maximum atomic E-state index is 12.3. The number of methoxy groups -OCH3 is 1. The molecule has 10 heteroatoms. The summed E-state index contributed by atoms with van der Waals surface area (Å²) < 4.78 is 4.93. The number of phenolic OH excluding ortho intramolecular Hbond substituents is 1. The molecule has 3 aromatic rings. The molecule has 1 aromatic heterocycles. The number of nitro groups is 1. The highest BCUT2D eigenvalue weighted by Crippen LogP contribution is 2.37. The molecule has 9 nitrogen and oxygen atoms in total. The van der Waals surface area contributed by atoms with Gasteiger partial charge in [0.05, 0.1) is 28.5 Å². The first-order valence-electron chi connectivity index (χ1n) is 7.71. The number of fused-ring (bicyclic) bond motifs is 1. The van der Waals surface area contributed by atoms with Crippen molar-refractivity contribution in [3.63, 3.8) is 0 Å². The first-order chi connectivity index (χ1) is 13.3. The van der Waals surface area contributed by atoms with E-state index in [1.807, 2.05) is 6.07 Å². The van der Waals surface area contributed by atoms with Crippen molar-refractivity contribution in [3.8, 4) is 17.6 Å². The van der Waals surface area contributed by atoms with E-state index in [0.29, 0.717) is 15.9 Å². The Labute approximate surface area is 162 Å². The van der Waals surface area contributed by atoms with Gasteiger partial charge in [0.2, 0.25) is 5.75 Å². The third kappa shape index (κ3) is 3.49. The number of benzene rings is 2. The van der Waals surface area contributed by atoms with E-state index >= 15 is 0 Å². The Balaban J connectivity index is 2.19. The van der Waals surface area contributed by atoms with Crippen LogP contribution in [0.15, 0.2) is 35.1 Å². The van der Waals surface area contributed by atoms with Crippen LogP contribution in [-0.4, -0.2) is 27.1 Å². The van der Waals surface area contributed by atoms with E-state index in [9.17, 15) is 25.3 Å². The van der Waals surface area contributed by atoms with Crippen LogP contribution in [0.4, 0.5) is 5.69 Å². The molecule has 0 saturated heterocycles. The van der Waals surface area contributed by atoms with Gasteiger partial charge in [0.25, 0.3) is 5.56 Å². The van der Waals surface area contributed by atoms with Gasteiger partial charge in [-0.1, -0.05) is 11.6 Å². The summed E-state index contributed by atoms with van der Waals surface area (Å²) in [5.74, 6) is -0.795. The monoisotopic (exact) mass is 398 g/mol. The Hall–Kier alpha value is -3.90. The predicted octanol–water partition coefficient (Wildman–Crippen LogP) is 3.26. The highest BCUT2D eigenvalue weighted by Gasteiger charge is 2.20. The molecule has 0 aliphatic heterocycles. The fourth-order valence-corrected chi connectivity index (χ4v) is 2.72. The summed E-state index contributed by atoms with van der Waals surface area (Å²) in [7, 11) is 1.24. The van der Waals surface area contributed by atoms with Crippen molar-refractivity contribution < 1.29 is 14.8 Å². The summed E-state index contributed by atoms with van der Waals surface area (Å²) in [5.41, 5.74) is -0.615. The number of halogens is 1. The van der Waals surface area contributed by atoms with Crippen LogP contribution < -0.4 is 10.3 Å². The van der Waals surface area contributed by atoms with Crippen LogP contribution in [0.5, 0.6) is 11.5 Å². The minimum absolute atomic E-state index is 0.0306. The van der Waals surface area contributed by atoms with Crippen LogP contribution in [0.2, 0.25) is 5.02 Å². The third-order valence-electron chi connectivity index (χ3n) is 3.85. The van der Waals surface area contributed by atoms with Crippen molar-refractivity contribution in [3.05, 3.63) is 67.2 Å². The summed E-state index contributed by atoms with van der Waals surface area (Å²) in [6.45, 7) is 0. The predicted molar refractivity (Wildman–Crippen MR) is 102 cm³/mol. The van der Waals surface area contributed by atoms with Gasteiger partial charge >= 0.3 is 5.69 Å². The number of allylic oxidation sites excluding steroid dienone is 1. The van der Waals surface area contributed by atoms with E-state index in [-0.39, 0.29) is 22.7 Å². The molecule has 0 aliphatic carbocycles. The van der Waals surface area contributed by atoms with Crippen molar-refractivity contribution in [2.75, 3.05) is 7.11 Å². The van der Waals surface area contributed by atoms with Crippen LogP contribution in [0.3, 0.4) is 0 Å². The second-order valence-corrected chi connectivity index (χ2v) is 6.03. The van der Waals surface area contributed by atoms with E-state index in [4.69, 9.17) is 16.3 Å². The molecular weight excluding hydrogens is 388 g/mol. The number of hydrogen-bond donors (Lipinski definition) is 2. The van der Waals surface area contributed by atoms with Crippen LogP contribution >= 0.6 is 11.6 Å². The number of nitrogens with one attached hydrogen (secondary N) is 1. The summed E-state index contributed by atoms with van der Waals surface area (Å²) in [6.07, 6.45) is 1.28. The topological polar surface area (TPSA) is 142 Å². The number of phenols is 1. The van der Waals surface area contributed by atoms with Crippen molar-refractivity contribution >= 4 is 39.8 Å². The standard InChI is InChI=1S/C18H11ClN4O5/c1-28-15-6-9(5-14(16(15)24)23(26)27)4-10(8-20)17-21-13-7-11(19)2-3-12(13)18(25)22-17/h2-7,24H,1H3,(H,21,22,25). The minimum atomic E-state index is -0.778. The van der Waals surface area contributed by atoms with Gasteiger partial charge in [0.1, 0.15) is 6.07 Å². The lowest BCUT2D eigenvalue weighted by molar-refractivity contribution is -0.386. The second kappa shape index (κ2) is 7.38. The maximum absolute atomic E-state index is 12.3. The number of rotatable bonds is 4. The Bertz CT molecular complexity index is 1240. The highest BCUT2D eigenvalue weighted by molar-refractivity contribution is 6.31. The van der Waals surface area contributed by atoms with Gasteiger partial charge in [0.15, 0.2) is 11.6 Å². The van der Waals surface area contributed by atoms with E-state index in [1.165, 1.54) is 31.4 Å². The second-order valence-electron chi connectivity index (χ2n) is 5.59. The Morgan fingerprint density at radius 2 is 2.18 bits per heavy atom. The number of aromatic amines is 1. The normalized spacial score (nSPS) is 11.2. The number of nitriles is 1. The molecule has 0 bridgehead atoms. The average Bonchev–Trinajstić information content (AvgIpc) is 2.66. The van der Waals surface area contributed by atoms with Crippen molar-refractivity contribution in [1.82, 2.24) is 9.97 Å². The fourth-order valence-electron chi connectivity index (χ4n) is 2.55. The van der Waals surface area contributed by atoms with Crippen LogP contribution in [-0.2, 0) is 0 Å². The van der Waals surface area contributed by atoms with Crippen molar-refractivity contribution in [2.24, 2.45) is 0 Å². The quantitative estimate of drug-likeness (QED) is 0.390. The minimum Gasteiger partial charge on any atom is -0.500 e. The number of nitrogens with zero attached hydrogens (tertiary/aromatic N) is 3. The van der Waals surface area contributed by atoms with Crippen molar-refractivity contribution in [2.45, 2.75) is 0 Å². The third-order valence-corrected chi connectivity index (χ3v) is 4.08. The molecule has 2 N–H and O–H groups in total. The smallest absolute Gasteiger partial charge is 0.315 e. The zero-order valence-electron chi connectivity index (χ0n) is 14.3. The molecule has 0 unspecified atom stereocenters. The van der Waals surface area contributed by atoms with Gasteiger partial charge in [0, 0.05) is 11.1 Å². The molecule has 0 atom stereocenters. The van der Waals surface area contributed by atoms with Crippen LogP contribution in [0.25, 0.3) is 22.6 Å². The molecule has 2 aromatic carbocycles. The largest absolute Gasteiger partial charge is 0.500 e. The van der Waals surface area contributed by atoms with E-state index < -0.39 is 21.9 Å². The number of ether oxygens (including phenoxy) is 1. The summed E-state index contributed by atoms with van der Waals surface area (Å²) in [5, 5.41) is 31.1. The van der Waals surface area contributed by atoms with Gasteiger partial charge in [-0.15, -0.1) is 0 Å². The highest BCUT2D eigenvalue weighted by atomic mass is 35.5. The van der Waals surface area contributed by atoms with Crippen LogP contribution in [0, 0.1) is 21.4 Å². The summed E-state index contributed by atoms with van der Waals surface area (Å²) >= 11 is 5.93. The number of nitro benzene ring substituents is 1. The average molecular weight is 399 g/mol. The van der Waals surface area contributed by atoms with E-state index in [2.05, 4.69) is 9.97 Å². The Morgan fingerprint density at radius 1 is 1.43 bits per heavy atom. The molecule has 0 amide bonds. The lowest BCUT2D eigenvalue weighted by atomic mass is 10.1. The number of aromatic nitrogens is 2. The molecule has 28 heavy (non-hydrogen) atoms. The summed E-state index contributed by atoms with van der Waals surface area (Å²) in [4.78, 5) is 29.3. The zero-order chi connectivity index (χ0) is 20.4. The lowest BCUT2D eigenvalue weighted by Gasteiger charge is -2.06. The Morgan fingerprint density at radius 3 is 2.82 bits per heavy atom. The van der Waals surface area contributed by atoms with Gasteiger partial charge in [-0.05, 0) is 35.9 Å². The van der Waals surface area contributed by atoms with Crippen LogP contribution in [0.1, 0.15) is 11.4 Å². The fraction of sp³-hybridized carbons (Fsp3) is 0.0556. The zero-order valence-corrected chi connectivity index (χ0v) is 15.0. The van der Waals surface area contributed by atoms with Crippen molar-refractivity contribution in [1.29, 1.82) is 5.26 Å². The molecule has 0 fully saturated rings. The first kappa shape index (κ1) is 18.9. The molecule has 140 valence electrons. The van der Waals surface area contributed by atoms with Gasteiger partial charge in [-0.25, -0.2) is 4.98 Å². The molecule has 3 rings (SSSR count). The van der Waals surface area contributed by atoms with Gasteiger partial charge < -0.3 is 14.8 Å². The summed E-state index contributed by atoms with van der Waals surface area (Å²) in [6, 6.07) is 8.83. The van der Waals surface area contributed by atoms with E-state index in [0.717, 1.165) is 6.07 Å².